The smallest absolute Gasteiger partial charge is 0.256 e. The number of halogens is 1. The molecule has 1 N–H and O–H groups in total. The Morgan fingerprint density at radius 1 is 0.964 bits per heavy atom. The third kappa shape index (κ3) is 3.75. The van der Waals surface area contributed by atoms with Gasteiger partial charge >= 0.3 is 0 Å². The number of nitrogens with one attached hydrogen (secondary N) is 1. The van der Waals surface area contributed by atoms with Crippen molar-refractivity contribution in [1.29, 1.82) is 0 Å². The zero-order valence-corrected chi connectivity index (χ0v) is 16.2. The van der Waals surface area contributed by atoms with Crippen LogP contribution in [0, 0.1) is 0 Å². The van der Waals surface area contributed by atoms with E-state index in [0.29, 0.717) is 16.3 Å². The van der Waals surface area contributed by atoms with Crippen molar-refractivity contribution in [3.05, 3.63) is 95.0 Å². The maximum atomic E-state index is 13.1. The summed E-state index contributed by atoms with van der Waals surface area (Å²) in [7, 11) is 0. The highest BCUT2D eigenvalue weighted by molar-refractivity contribution is 6.30. The van der Waals surface area contributed by atoms with Crippen molar-refractivity contribution >= 4 is 34.1 Å². The van der Waals surface area contributed by atoms with Gasteiger partial charge in [-0.15, -0.1) is 0 Å². The van der Waals surface area contributed by atoms with E-state index in [1.165, 1.54) is 5.56 Å². The van der Waals surface area contributed by atoms with Crippen LogP contribution >= 0.6 is 11.6 Å². The molecule has 1 aromatic heterocycles. The zero-order valence-electron chi connectivity index (χ0n) is 15.4. The fourth-order valence-electron chi connectivity index (χ4n) is 3.17. The van der Waals surface area contributed by atoms with Gasteiger partial charge in [-0.1, -0.05) is 54.9 Å². The van der Waals surface area contributed by atoms with Gasteiger partial charge in [0.15, 0.2) is 0 Å². The van der Waals surface area contributed by atoms with E-state index in [0.717, 1.165) is 28.6 Å². The van der Waals surface area contributed by atoms with Crippen molar-refractivity contribution in [2.24, 2.45) is 0 Å². The van der Waals surface area contributed by atoms with E-state index >= 15 is 0 Å². The van der Waals surface area contributed by atoms with E-state index in [9.17, 15) is 4.79 Å². The largest absolute Gasteiger partial charge is 0.322 e. The molecule has 0 spiro atoms. The zero-order chi connectivity index (χ0) is 19.5. The Morgan fingerprint density at radius 2 is 1.71 bits per heavy atom. The Labute approximate surface area is 169 Å². The summed E-state index contributed by atoms with van der Waals surface area (Å²) in [5, 5.41) is 4.45. The van der Waals surface area contributed by atoms with Gasteiger partial charge in [0.05, 0.1) is 16.8 Å². The molecule has 0 aliphatic rings. The Morgan fingerprint density at radius 3 is 2.43 bits per heavy atom. The Bertz CT molecular complexity index is 1140. The van der Waals surface area contributed by atoms with Crippen LogP contribution in [0.15, 0.2) is 78.9 Å². The highest BCUT2D eigenvalue weighted by atomic mass is 35.5. The standard InChI is InChI=1S/C24H19ClN2O/c1-2-16-8-13-22-20(14-16)21(15-23(27-22)17-6-4-3-5-7-17)24(28)26-19-11-9-18(25)10-12-19/h3-15H,2H2,1H3,(H,26,28). The molecular weight excluding hydrogens is 368 g/mol. The molecule has 0 saturated carbocycles. The highest BCUT2D eigenvalue weighted by Crippen LogP contribution is 2.27. The predicted octanol–water partition coefficient (Wildman–Crippen LogP) is 6.37. The van der Waals surface area contributed by atoms with E-state index in [2.05, 4.69) is 18.3 Å². The number of nitrogens with zero attached hydrogens (tertiary/aromatic N) is 1. The van der Waals surface area contributed by atoms with Gasteiger partial charge in [0.25, 0.3) is 5.91 Å². The van der Waals surface area contributed by atoms with Crippen LogP contribution in [0.25, 0.3) is 22.2 Å². The third-order valence-electron chi connectivity index (χ3n) is 4.70. The first-order chi connectivity index (χ1) is 13.6. The molecule has 3 aromatic carbocycles. The van der Waals surface area contributed by atoms with Crippen molar-refractivity contribution in [1.82, 2.24) is 4.98 Å². The molecule has 4 heteroatoms. The summed E-state index contributed by atoms with van der Waals surface area (Å²) in [6.07, 6.45) is 0.897. The summed E-state index contributed by atoms with van der Waals surface area (Å²) >= 11 is 5.94. The lowest BCUT2D eigenvalue weighted by Crippen LogP contribution is -2.13. The van der Waals surface area contributed by atoms with Crippen molar-refractivity contribution in [3.63, 3.8) is 0 Å². The molecule has 138 valence electrons. The maximum absolute atomic E-state index is 13.1. The number of anilines is 1. The first-order valence-electron chi connectivity index (χ1n) is 9.20. The molecule has 0 aliphatic heterocycles. The molecular formula is C24H19ClN2O. The summed E-state index contributed by atoms with van der Waals surface area (Å²) in [5.41, 5.74) is 5.03. The fourth-order valence-corrected chi connectivity index (χ4v) is 3.30. The maximum Gasteiger partial charge on any atom is 0.256 e. The number of rotatable bonds is 4. The van der Waals surface area contributed by atoms with Crippen LogP contribution in [0.2, 0.25) is 5.02 Å². The van der Waals surface area contributed by atoms with Crippen LogP contribution in [0.4, 0.5) is 5.69 Å². The number of pyridine rings is 1. The lowest BCUT2D eigenvalue weighted by Gasteiger charge is -2.12. The number of carbonyl (C=O) groups excluding carboxylic acids is 1. The van der Waals surface area contributed by atoms with Gasteiger partial charge in [0, 0.05) is 21.7 Å². The highest BCUT2D eigenvalue weighted by Gasteiger charge is 2.15. The van der Waals surface area contributed by atoms with E-state index < -0.39 is 0 Å². The average Bonchev–Trinajstić information content (AvgIpc) is 2.74. The van der Waals surface area contributed by atoms with E-state index in [-0.39, 0.29) is 5.91 Å². The van der Waals surface area contributed by atoms with Crippen molar-refractivity contribution in [2.45, 2.75) is 13.3 Å². The normalized spacial score (nSPS) is 10.8. The lowest BCUT2D eigenvalue weighted by molar-refractivity contribution is 0.102. The topological polar surface area (TPSA) is 42.0 Å². The molecule has 4 rings (SSSR count). The van der Waals surface area contributed by atoms with Gasteiger partial charge in [0.1, 0.15) is 0 Å². The number of amides is 1. The van der Waals surface area contributed by atoms with Crippen molar-refractivity contribution in [2.75, 3.05) is 5.32 Å². The van der Waals surface area contributed by atoms with Crippen LogP contribution in [0.3, 0.4) is 0 Å². The molecule has 0 radical (unpaired) electrons. The molecule has 0 bridgehead atoms. The fraction of sp³-hybridized carbons (Fsp3) is 0.0833. The Hall–Kier alpha value is -3.17. The van der Waals surface area contributed by atoms with Gasteiger partial charge < -0.3 is 5.32 Å². The van der Waals surface area contributed by atoms with Crippen molar-refractivity contribution < 1.29 is 4.79 Å². The number of hydrogen-bond donors (Lipinski definition) is 1. The van der Waals surface area contributed by atoms with Crippen LogP contribution in [-0.2, 0) is 6.42 Å². The lowest BCUT2D eigenvalue weighted by atomic mass is 10.0. The van der Waals surface area contributed by atoms with E-state index in [4.69, 9.17) is 16.6 Å². The summed E-state index contributed by atoms with van der Waals surface area (Å²) < 4.78 is 0. The minimum Gasteiger partial charge on any atom is -0.322 e. The molecule has 4 aromatic rings. The molecule has 1 heterocycles. The number of benzene rings is 3. The number of fused-ring (bicyclic) bond motifs is 1. The van der Waals surface area contributed by atoms with Crippen LogP contribution in [0.5, 0.6) is 0 Å². The number of aryl methyl sites for hydroxylation is 1. The Balaban J connectivity index is 1.83. The van der Waals surface area contributed by atoms with Crippen LogP contribution in [0.1, 0.15) is 22.8 Å². The van der Waals surface area contributed by atoms with Gasteiger partial charge in [0.2, 0.25) is 0 Å². The third-order valence-corrected chi connectivity index (χ3v) is 4.95. The second-order valence-electron chi connectivity index (χ2n) is 6.59. The van der Waals surface area contributed by atoms with Gasteiger partial charge in [-0.3, -0.25) is 4.79 Å². The van der Waals surface area contributed by atoms with Crippen LogP contribution in [-0.4, -0.2) is 10.9 Å². The van der Waals surface area contributed by atoms with Crippen molar-refractivity contribution in [3.8, 4) is 11.3 Å². The number of aromatic nitrogens is 1. The second kappa shape index (κ2) is 7.83. The molecule has 0 aliphatic carbocycles. The Kier molecular flexibility index (Phi) is 5.09. The van der Waals surface area contributed by atoms with E-state index in [1.54, 1.807) is 24.3 Å². The minimum atomic E-state index is -0.167. The summed E-state index contributed by atoms with van der Waals surface area (Å²) in [6.45, 7) is 2.10. The molecule has 28 heavy (non-hydrogen) atoms. The minimum absolute atomic E-state index is 0.167. The number of hydrogen-bond acceptors (Lipinski definition) is 2. The van der Waals surface area contributed by atoms with Gasteiger partial charge in [-0.25, -0.2) is 4.98 Å². The van der Waals surface area contributed by atoms with E-state index in [1.807, 2.05) is 48.5 Å². The molecule has 0 unspecified atom stereocenters. The second-order valence-corrected chi connectivity index (χ2v) is 7.02. The average molecular weight is 387 g/mol. The number of carbonyl (C=O) groups is 1. The van der Waals surface area contributed by atoms with Gasteiger partial charge in [-0.05, 0) is 54.4 Å². The molecule has 0 saturated heterocycles. The molecule has 3 nitrogen and oxygen atoms in total. The quantitative estimate of drug-likeness (QED) is 0.442. The van der Waals surface area contributed by atoms with Crippen LogP contribution < -0.4 is 5.32 Å². The first-order valence-corrected chi connectivity index (χ1v) is 9.58. The SMILES string of the molecule is CCc1ccc2nc(-c3ccccc3)cc(C(=O)Nc3ccc(Cl)cc3)c2c1. The molecule has 0 atom stereocenters. The summed E-state index contributed by atoms with van der Waals surface area (Å²) in [5.74, 6) is -0.167. The first kappa shape index (κ1) is 18.2. The predicted molar refractivity (Wildman–Crippen MR) is 116 cm³/mol. The van der Waals surface area contributed by atoms with Gasteiger partial charge in [-0.2, -0.15) is 0 Å². The monoisotopic (exact) mass is 386 g/mol. The summed E-state index contributed by atoms with van der Waals surface area (Å²) in [6, 6.07) is 24.9. The molecule has 0 fully saturated rings. The summed E-state index contributed by atoms with van der Waals surface area (Å²) in [4.78, 5) is 17.9. The molecule has 1 amide bonds.